The molecule has 2 aliphatic rings. The summed E-state index contributed by atoms with van der Waals surface area (Å²) in [6.45, 7) is 4.25. The molecular weight excluding hydrogens is 470 g/mol. The molecule has 2 fully saturated rings. The number of nitrogens with one attached hydrogen (secondary N) is 1. The zero-order chi connectivity index (χ0) is 25.6. The van der Waals surface area contributed by atoms with Gasteiger partial charge in [-0.1, -0.05) is 17.3 Å². The number of hydrogen-bond acceptors (Lipinski definition) is 8. The monoisotopic (exact) mass is 505 g/mol. The molecule has 2 aromatic heterocycles. The Bertz CT molecular complexity index is 1180. The third kappa shape index (κ3) is 5.78. The van der Waals surface area contributed by atoms with Crippen molar-refractivity contribution in [1.82, 2.24) is 20.4 Å². The van der Waals surface area contributed by atoms with E-state index in [-0.39, 0.29) is 19.1 Å². The van der Waals surface area contributed by atoms with Gasteiger partial charge in [0.15, 0.2) is 0 Å². The fourth-order valence-electron chi connectivity index (χ4n) is 5.49. The number of likely N-dealkylation sites (tertiary alicyclic amines) is 1. The number of pyridine rings is 1. The van der Waals surface area contributed by atoms with Crippen LogP contribution in [0, 0.1) is 5.92 Å². The lowest BCUT2D eigenvalue weighted by Gasteiger charge is -2.42. The number of aliphatic hydroxyl groups is 1. The number of aliphatic hydroxyl groups excluding tert-OH is 1. The molecule has 2 N–H and O–H groups in total. The van der Waals surface area contributed by atoms with Gasteiger partial charge in [0.25, 0.3) is 5.91 Å². The highest BCUT2D eigenvalue weighted by Crippen LogP contribution is 2.33. The Balaban J connectivity index is 1.38. The molecular formula is C28H35N5O4. The number of piperidine rings is 2. The van der Waals surface area contributed by atoms with Gasteiger partial charge in [-0.2, -0.15) is 0 Å². The van der Waals surface area contributed by atoms with Crippen molar-refractivity contribution in [1.29, 1.82) is 0 Å². The second kappa shape index (κ2) is 11.7. The summed E-state index contributed by atoms with van der Waals surface area (Å²) < 4.78 is 10.4. The van der Waals surface area contributed by atoms with Crippen molar-refractivity contribution in [3.63, 3.8) is 0 Å². The van der Waals surface area contributed by atoms with Crippen molar-refractivity contribution < 1.29 is 19.2 Å². The van der Waals surface area contributed by atoms with E-state index < -0.39 is 0 Å². The maximum Gasteiger partial charge on any atom is 0.255 e. The van der Waals surface area contributed by atoms with E-state index in [2.05, 4.69) is 20.3 Å². The number of amides is 1. The SMILES string of the molecule is COc1ccccc1-c1ccc(C(=O)NCc2ccon2)c(N2CCC(N3CCC[C@H](CO)C3)CC2)n1. The molecule has 1 aromatic carbocycles. The number of benzene rings is 1. The Labute approximate surface area is 217 Å². The minimum Gasteiger partial charge on any atom is -0.496 e. The Morgan fingerprint density at radius 3 is 2.73 bits per heavy atom. The smallest absolute Gasteiger partial charge is 0.255 e. The fraction of sp³-hybridized carbons (Fsp3) is 0.464. The standard InChI is InChI=1S/C28H35N5O4/c1-36-26-7-3-2-6-23(26)25-9-8-24(28(35)29-17-21-12-16-37-31-21)27(30-25)32-14-10-22(11-15-32)33-13-4-5-20(18-33)19-34/h2-3,6-9,12,16,20,22,34H,4-5,10-11,13-15,17-19H2,1H3,(H,29,35)/t20-/m0/s1. The molecule has 5 rings (SSSR count). The summed E-state index contributed by atoms with van der Waals surface area (Å²) in [6.07, 6.45) is 5.74. The summed E-state index contributed by atoms with van der Waals surface area (Å²) in [5.74, 6) is 1.62. The highest BCUT2D eigenvalue weighted by Gasteiger charge is 2.30. The summed E-state index contributed by atoms with van der Waals surface area (Å²) in [4.78, 5) is 23.0. The first kappa shape index (κ1) is 25.2. The van der Waals surface area contributed by atoms with Crippen LogP contribution in [-0.2, 0) is 6.54 Å². The van der Waals surface area contributed by atoms with E-state index in [1.54, 1.807) is 13.2 Å². The first-order valence-electron chi connectivity index (χ1n) is 13.1. The number of nitrogens with zero attached hydrogens (tertiary/aromatic N) is 4. The molecule has 0 saturated carbocycles. The lowest BCUT2D eigenvalue weighted by atomic mass is 9.94. The molecule has 4 heterocycles. The predicted molar refractivity (Wildman–Crippen MR) is 141 cm³/mol. The molecule has 9 nitrogen and oxygen atoms in total. The molecule has 1 atom stereocenters. The van der Waals surface area contributed by atoms with Gasteiger partial charge in [-0.05, 0) is 62.4 Å². The molecule has 196 valence electrons. The van der Waals surface area contributed by atoms with E-state index in [1.807, 2.05) is 36.4 Å². The summed E-state index contributed by atoms with van der Waals surface area (Å²) in [5.41, 5.74) is 2.86. The third-order valence-electron chi connectivity index (χ3n) is 7.51. The second-order valence-electron chi connectivity index (χ2n) is 9.85. The van der Waals surface area contributed by atoms with Gasteiger partial charge in [-0.15, -0.1) is 0 Å². The number of ether oxygens (including phenoxy) is 1. The largest absolute Gasteiger partial charge is 0.496 e. The Morgan fingerprint density at radius 1 is 1.14 bits per heavy atom. The van der Waals surface area contributed by atoms with Crippen LogP contribution in [0.1, 0.15) is 41.7 Å². The maximum atomic E-state index is 13.3. The molecule has 0 spiro atoms. The lowest BCUT2D eigenvalue weighted by molar-refractivity contribution is 0.0777. The van der Waals surface area contributed by atoms with E-state index in [1.165, 1.54) is 6.26 Å². The van der Waals surface area contributed by atoms with Crippen molar-refractivity contribution in [2.24, 2.45) is 5.92 Å². The van der Waals surface area contributed by atoms with Crippen LogP contribution in [0.4, 0.5) is 5.82 Å². The third-order valence-corrected chi connectivity index (χ3v) is 7.51. The van der Waals surface area contributed by atoms with Gasteiger partial charge in [0.05, 0.1) is 24.9 Å². The Hall–Kier alpha value is -3.43. The normalized spacial score (nSPS) is 19.1. The van der Waals surface area contributed by atoms with Crippen LogP contribution in [-0.4, -0.2) is 72.0 Å². The number of carbonyl (C=O) groups is 1. The number of anilines is 1. The number of carbonyl (C=O) groups excluding carboxylic acids is 1. The van der Waals surface area contributed by atoms with Crippen molar-refractivity contribution in [3.05, 3.63) is 60.0 Å². The highest BCUT2D eigenvalue weighted by atomic mass is 16.5. The molecule has 2 saturated heterocycles. The first-order chi connectivity index (χ1) is 18.2. The van der Waals surface area contributed by atoms with E-state index in [4.69, 9.17) is 14.2 Å². The van der Waals surface area contributed by atoms with Crippen molar-refractivity contribution in [3.8, 4) is 17.0 Å². The Kier molecular flexibility index (Phi) is 8.01. The number of para-hydroxylation sites is 1. The van der Waals surface area contributed by atoms with Gasteiger partial charge in [-0.3, -0.25) is 9.69 Å². The van der Waals surface area contributed by atoms with Crippen LogP contribution >= 0.6 is 0 Å². The molecule has 9 heteroatoms. The number of methoxy groups -OCH3 is 1. The van der Waals surface area contributed by atoms with Crippen LogP contribution in [0.2, 0.25) is 0 Å². The molecule has 0 radical (unpaired) electrons. The van der Waals surface area contributed by atoms with Crippen molar-refractivity contribution >= 4 is 11.7 Å². The van der Waals surface area contributed by atoms with E-state index in [0.29, 0.717) is 29.0 Å². The molecule has 2 aliphatic heterocycles. The van der Waals surface area contributed by atoms with Crippen molar-refractivity contribution in [2.45, 2.75) is 38.3 Å². The zero-order valence-corrected chi connectivity index (χ0v) is 21.3. The van der Waals surface area contributed by atoms with Gasteiger partial charge < -0.3 is 24.6 Å². The Morgan fingerprint density at radius 2 is 1.97 bits per heavy atom. The highest BCUT2D eigenvalue weighted by molar-refractivity contribution is 5.99. The summed E-state index contributed by atoms with van der Waals surface area (Å²) in [6, 6.07) is 13.7. The summed E-state index contributed by atoms with van der Waals surface area (Å²) in [5, 5.41) is 16.5. The zero-order valence-electron chi connectivity index (χ0n) is 21.3. The van der Waals surface area contributed by atoms with Gasteiger partial charge in [0, 0.05) is 43.9 Å². The molecule has 1 amide bonds. The lowest BCUT2D eigenvalue weighted by Crippen LogP contribution is -2.49. The van der Waals surface area contributed by atoms with Crippen LogP contribution in [0.3, 0.4) is 0 Å². The van der Waals surface area contributed by atoms with Gasteiger partial charge in [0.2, 0.25) is 0 Å². The summed E-state index contributed by atoms with van der Waals surface area (Å²) in [7, 11) is 1.65. The minimum atomic E-state index is -0.194. The van der Waals surface area contributed by atoms with Crippen molar-refractivity contribution in [2.75, 3.05) is 44.8 Å². The van der Waals surface area contributed by atoms with Gasteiger partial charge in [0.1, 0.15) is 23.5 Å². The molecule has 0 bridgehead atoms. The number of rotatable bonds is 8. The first-order valence-corrected chi connectivity index (χ1v) is 13.1. The predicted octanol–water partition coefficient (Wildman–Crippen LogP) is 3.35. The maximum absolute atomic E-state index is 13.3. The topological polar surface area (TPSA) is 104 Å². The van der Waals surface area contributed by atoms with Crippen LogP contribution in [0.5, 0.6) is 5.75 Å². The fourth-order valence-corrected chi connectivity index (χ4v) is 5.49. The molecule has 0 aliphatic carbocycles. The molecule has 3 aromatic rings. The average molecular weight is 506 g/mol. The van der Waals surface area contributed by atoms with Crippen LogP contribution in [0.15, 0.2) is 53.3 Å². The van der Waals surface area contributed by atoms with E-state index in [0.717, 1.165) is 68.9 Å². The average Bonchev–Trinajstić information content (AvgIpc) is 3.49. The minimum absolute atomic E-state index is 0.194. The number of aromatic nitrogens is 2. The van der Waals surface area contributed by atoms with Crippen LogP contribution < -0.4 is 15.0 Å². The second-order valence-corrected chi connectivity index (χ2v) is 9.85. The van der Waals surface area contributed by atoms with Gasteiger partial charge in [-0.25, -0.2) is 4.98 Å². The van der Waals surface area contributed by atoms with E-state index >= 15 is 0 Å². The van der Waals surface area contributed by atoms with Crippen LogP contribution in [0.25, 0.3) is 11.3 Å². The quantitative estimate of drug-likeness (QED) is 0.480. The van der Waals surface area contributed by atoms with Gasteiger partial charge >= 0.3 is 0 Å². The summed E-state index contributed by atoms with van der Waals surface area (Å²) >= 11 is 0. The number of hydrogen-bond donors (Lipinski definition) is 2. The molecule has 0 unspecified atom stereocenters. The van der Waals surface area contributed by atoms with E-state index in [9.17, 15) is 9.90 Å². The molecule has 37 heavy (non-hydrogen) atoms.